The minimum atomic E-state index is 0.995. The van der Waals surface area contributed by atoms with Gasteiger partial charge in [-0.25, -0.2) is 0 Å². The molecule has 0 aliphatic rings. The summed E-state index contributed by atoms with van der Waals surface area (Å²) in [6, 6.07) is 79.3. The van der Waals surface area contributed by atoms with Gasteiger partial charge < -0.3 is 0 Å². The van der Waals surface area contributed by atoms with E-state index in [0.717, 1.165) is 32.6 Å². The molecule has 0 radical (unpaired) electrons. The molecule has 2 heterocycles. The lowest BCUT2D eigenvalue weighted by atomic mass is 9.84. The van der Waals surface area contributed by atoms with Gasteiger partial charge >= 0.3 is 0 Å². The molecular weight excluding hydrogens is 773 g/mol. The van der Waals surface area contributed by atoms with Gasteiger partial charge in [-0.05, 0) is 106 Å². The zero-order valence-corrected chi connectivity index (χ0v) is 34.8. The van der Waals surface area contributed by atoms with E-state index in [1.165, 1.54) is 98.7 Å². The fourth-order valence-electron chi connectivity index (χ4n) is 10.4. The number of pyridine rings is 2. The molecule has 0 fully saturated rings. The van der Waals surface area contributed by atoms with Crippen molar-refractivity contribution in [2.45, 2.75) is 0 Å². The van der Waals surface area contributed by atoms with Crippen LogP contribution >= 0.6 is 0 Å². The molecular formula is C62H38N2. The summed E-state index contributed by atoms with van der Waals surface area (Å²) < 4.78 is 0. The molecule has 64 heavy (non-hydrogen) atoms. The van der Waals surface area contributed by atoms with Crippen molar-refractivity contribution >= 4 is 75.7 Å². The van der Waals surface area contributed by atoms with Crippen LogP contribution in [0.1, 0.15) is 0 Å². The fraction of sp³-hybridized carbons (Fsp3) is 0. The van der Waals surface area contributed by atoms with Crippen LogP contribution in [0.15, 0.2) is 231 Å². The first kappa shape index (κ1) is 36.2. The number of para-hydroxylation sites is 2. The molecule has 0 aliphatic heterocycles. The van der Waals surface area contributed by atoms with Gasteiger partial charge in [0, 0.05) is 44.7 Å². The lowest BCUT2D eigenvalue weighted by Crippen LogP contribution is -1.94. The van der Waals surface area contributed by atoms with Crippen molar-refractivity contribution in [3.8, 4) is 55.6 Å². The lowest BCUT2D eigenvalue weighted by molar-refractivity contribution is 1.44. The van der Waals surface area contributed by atoms with E-state index in [1.54, 1.807) is 0 Å². The fourth-order valence-corrected chi connectivity index (χ4v) is 10.4. The number of nitrogens with zero attached hydrogens (tertiary/aromatic N) is 2. The Hall–Kier alpha value is -8.46. The Labute approximate surface area is 370 Å². The van der Waals surface area contributed by atoms with E-state index in [4.69, 9.17) is 9.97 Å². The van der Waals surface area contributed by atoms with Crippen LogP contribution in [0.2, 0.25) is 0 Å². The number of hydrogen-bond donors (Lipinski definition) is 0. The van der Waals surface area contributed by atoms with Crippen LogP contribution < -0.4 is 0 Å². The molecule has 0 N–H and O–H groups in total. The van der Waals surface area contributed by atoms with Gasteiger partial charge in [0.05, 0.1) is 11.0 Å². The number of benzene rings is 11. The van der Waals surface area contributed by atoms with Gasteiger partial charge in [-0.15, -0.1) is 0 Å². The van der Waals surface area contributed by atoms with E-state index in [1.807, 2.05) is 0 Å². The van der Waals surface area contributed by atoms with E-state index in [-0.39, 0.29) is 0 Å². The van der Waals surface area contributed by atoms with Gasteiger partial charge in [0.15, 0.2) is 0 Å². The second kappa shape index (κ2) is 14.6. The second-order valence-corrected chi connectivity index (χ2v) is 16.8. The summed E-state index contributed by atoms with van der Waals surface area (Å²) in [5.41, 5.74) is 14.0. The Morgan fingerprint density at radius 2 is 0.578 bits per heavy atom. The first-order valence-electron chi connectivity index (χ1n) is 22.0. The molecule has 0 aliphatic carbocycles. The summed E-state index contributed by atoms with van der Waals surface area (Å²) >= 11 is 0. The second-order valence-electron chi connectivity index (χ2n) is 16.8. The summed E-state index contributed by atoms with van der Waals surface area (Å²) in [5, 5.41) is 14.5. The maximum absolute atomic E-state index is 5.05. The van der Waals surface area contributed by atoms with Crippen molar-refractivity contribution in [3.63, 3.8) is 0 Å². The third kappa shape index (κ3) is 5.66. The first-order valence-corrected chi connectivity index (χ1v) is 22.0. The summed E-state index contributed by atoms with van der Waals surface area (Å²) in [5.74, 6) is 0. The van der Waals surface area contributed by atoms with E-state index in [0.29, 0.717) is 0 Å². The average Bonchev–Trinajstić information content (AvgIpc) is 3.37. The lowest BCUT2D eigenvalue weighted by Gasteiger charge is -2.19. The molecule has 296 valence electrons. The minimum absolute atomic E-state index is 0.995. The van der Waals surface area contributed by atoms with E-state index < -0.39 is 0 Å². The standard InChI is InChI=1S/C62H38N2/c1-2-15-42(16-3-1)59-49-20-8-6-18-47(49)57(53-37-63-55-24-12-10-22-51(55)61(53)59)43-31-26-40(27-32-43)41-28-33-44(34-29-41)58-48-19-7-9-21-50(48)60(46-35-30-39-14-4-5-17-45(39)36-46)62-52-23-11-13-25-56(52)64-38-54(58)62/h1-38H. The van der Waals surface area contributed by atoms with Crippen molar-refractivity contribution in [2.24, 2.45) is 0 Å². The summed E-state index contributed by atoms with van der Waals surface area (Å²) in [6.07, 6.45) is 4.17. The maximum Gasteiger partial charge on any atom is 0.0708 e. The molecule has 0 amide bonds. The van der Waals surface area contributed by atoms with Crippen molar-refractivity contribution in [2.75, 3.05) is 0 Å². The Balaban J connectivity index is 0.955. The smallest absolute Gasteiger partial charge is 0.0708 e. The van der Waals surface area contributed by atoms with Crippen molar-refractivity contribution in [3.05, 3.63) is 231 Å². The van der Waals surface area contributed by atoms with Gasteiger partial charge in [-0.1, -0.05) is 200 Å². The number of hydrogen-bond acceptors (Lipinski definition) is 2. The molecule has 2 aromatic heterocycles. The Morgan fingerprint density at radius 1 is 0.219 bits per heavy atom. The molecule has 13 rings (SSSR count). The molecule has 0 spiro atoms. The van der Waals surface area contributed by atoms with Crippen LogP contribution in [-0.2, 0) is 0 Å². The van der Waals surface area contributed by atoms with Crippen LogP contribution in [0.25, 0.3) is 131 Å². The molecule has 0 saturated carbocycles. The third-order valence-corrected chi connectivity index (χ3v) is 13.3. The Bertz CT molecular complexity index is 3980. The molecule has 0 unspecified atom stereocenters. The molecule has 0 saturated heterocycles. The summed E-state index contributed by atoms with van der Waals surface area (Å²) in [7, 11) is 0. The summed E-state index contributed by atoms with van der Waals surface area (Å²) in [4.78, 5) is 10.1. The zero-order chi connectivity index (χ0) is 42.1. The van der Waals surface area contributed by atoms with E-state index >= 15 is 0 Å². The normalized spacial score (nSPS) is 11.8. The molecule has 2 heteroatoms. The van der Waals surface area contributed by atoms with Crippen LogP contribution in [-0.4, -0.2) is 9.97 Å². The monoisotopic (exact) mass is 810 g/mol. The summed E-state index contributed by atoms with van der Waals surface area (Å²) in [6.45, 7) is 0. The van der Waals surface area contributed by atoms with Gasteiger partial charge in [0.1, 0.15) is 0 Å². The topological polar surface area (TPSA) is 25.8 Å². The largest absolute Gasteiger partial charge is 0.256 e. The predicted molar refractivity (Wildman–Crippen MR) is 272 cm³/mol. The maximum atomic E-state index is 5.05. The Kier molecular flexibility index (Phi) is 8.25. The zero-order valence-electron chi connectivity index (χ0n) is 34.8. The first-order chi connectivity index (χ1) is 31.8. The highest BCUT2D eigenvalue weighted by Gasteiger charge is 2.21. The highest BCUT2D eigenvalue weighted by atomic mass is 14.7. The van der Waals surface area contributed by atoms with E-state index in [9.17, 15) is 0 Å². The van der Waals surface area contributed by atoms with Crippen LogP contribution in [0.3, 0.4) is 0 Å². The molecule has 0 atom stereocenters. The molecule has 13 aromatic rings. The predicted octanol–water partition coefficient (Wildman–Crippen LogP) is 16.9. The average molecular weight is 811 g/mol. The van der Waals surface area contributed by atoms with Gasteiger partial charge in [-0.3, -0.25) is 9.97 Å². The SMILES string of the molecule is c1ccc(-c2c3ccccc3c(-c3ccc(-c4ccc(-c5c6ccccc6c(-c6ccc7ccccc7c6)c6c5cnc5ccccc56)cc4)cc3)c3cnc4ccccc4c23)cc1. The van der Waals surface area contributed by atoms with E-state index in [2.05, 4.69) is 231 Å². The molecule has 11 aromatic carbocycles. The van der Waals surface area contributed by atoms with Gasteiger partial charge in [0.25, 0.3) is 0 Å². The van der Waals surface area contributed by atoms with Crippen LogP contribution in [0.5, 0.6) is 0 Å². The van der Waals surface area contributed by atoms with Crippen LogP contribution in [0, 0.1) is 0 Å². The molecule has 0 bridgehead atoms. The van der Waals surface area contributed by atoms with Crippen molar-refractivity contribution in [1.29, 1.82) is 0 Å². The van der Waals surface area contributed by atoms with Crippen molar-refractivity contribution in [1.82, 2.24) is 9.97 Å². The Morgan fingerprint density at radius 3 is 1.09 bits per heavy atom. The van der Waals surface area contributed by atoms with Crippen molar-refractivity contribution < 1.29 is 0 Å². The number of aromatic nitrogens is 2. The highest BCUT2D eigenvalue weighted by Crippen LogP contribution is 2.48. The van der Waals surface area contributed by atoms with Gasteiger partial charge in [0.2, 0.25) is 0 Å². The number of fused-ring (bicyclic) bond motifs is 9. The third-order valence-electron chi connectivity index (χ3n) is 13.3. The quantitative estimate of drug-likeness (QED) is 0.128. The van der Waals surface area contributed by atoms with Crippen LogP contribution in [0.4, 0.5) is 0 Å². The molecule has 2 nitrogen and oxygen atoms in total. The number of rotatable bonds is 5. The highest BCUT2D eigenvalue weighted by molar-refractivity contribution is 6.29. The van der Waals surface area contributed by atoms with Gasteiger partial charge in [-0.2, -0.15) is 0 Å². The minimum Gasteiger partial charge on any atom is -0.256 e.